The van der Waals surface area contributed by atoms with Crippen LogP contribution in [0.3, 0.4) is 0 Å². The molecule has 3 nitrogen and oxygen atoms in total. The SMILES string of the molecule is COc1ccccc1C(C#N)C(=O)C1CCCCC1. The van der Waals surface area contributed by atoms with Crippen molar-refractivity contribution in [3.63, 3.8) is 0 Å². The van der Waals surface area contributed by atoms with Crippen molar-refractivity contribution in [1.29, 1.82) is 5.26 Å². The predicted octanol–water partition coefficient (Wildman–Crippen LogP) is 3.45. The van der Waals surface area contributed by atoms with Gasteiger partial charge in [0.05, 0.1) is 13.2 Å². The zero-order valence-electron chi connectivity index (χ0n) is 11.3. The van der Waals surface area contributed by atoms with Gasteiger partial charge in [0.25, 0.3) is 0 Å². The van der Waals surface area contributed by atoms with E-state index in [1.807, 2.05) is 18.2 Å². The van der Waals surface area contributed by atoms with Crippen molar-refractivity contribution in [1.82, 2.24) is 0 Å². The average Bonchev–Trinajstić information content (AvgIpc) is 2.49. The normalized spacial score (nSPS) is 17.5. The summed E-state index contributed by atoms with van der Waals surface area (Å²) in [5.41, 5.74) is 0.697. The first-order valence-corrected chi connectivity index (χ1v) is 6.84. The van der Waals surface area contributed by atoms with Crippen molar-refractivity contribution in [3.05, 3.63) is 29.8 Å². The molecule has 0 saturated heterocycles. The van der Waals surface area contributed by atoms with E-state index in [1.54, 1.807) is 13.2 Å². The van der Waals surface area contributed by atoms with Crippen LogP contribution in [0.4, 0.5) is 0 Å². The predicted molar refractivity (Wildman–Crippen MR) is 72.9 cm³/mol. The summed E-state index contributed by atoms with van der Waals surface area (Å²) in [6.45, 7) is 0. The van der Waals surface area contributed by atoms with Gasteiger partial charge in [-0.15, -0.1) is 0 Å². The molecule has 1 saturated carbocycles. The summed E-state index contributed by atoms with van der Waals surface area (Å²) in [6, 6.07) is 9.47. The summed E-state index contributed by atoms with van der Waals surface area (Å²) in [5.74, 6) is 0.0347. The number of ketones is 1. The summed E-state index contributed by atoms with van der Waals surface area (Å²) >= 11 is 0. The van der Waals surface area contributed by atoms with E-state index < -0.39 is 5.92 Å². The van der Waals surface area contributed by atoms with Crippen LogP contribution in [-0.2, 0) is 4.79 Å². The summed E-state index contributed by atoms with van der Waals surface area (Å²) in [5, 5.41) is 9.37. The number of methoxy groups -OCH3 is 1. The number of ether oxygens (including phenoxy) is 1. The van der Waals surface area contributed by atoms with Crippen LogP contribution in [0, 0.1) is 17.2 Å². The zero-order chi connectivity index (χ0) is 13.7. The maximum Gasteiger partial charge on any atom is 0.157 e. The molecule has 1 aliphatic rings. The highest BCUT2D eigenvalue weighted by Crippen LogP contribution is 2.33. The highest BCUT2D eigenvalue weighted by atomic mass is 16.5. The van der Waals surface area contributed by atoms with Gasteiger partial charge < -0.3 is 4.74 Å². The van der Waals surface area contributed by atoms with E-state index in [9.17, 15) is 10.1 Å². The number of rotatable bonds is 4. The Balaban J connectivity index is 2.24. The molecule has 1 fully saturated rings. The standard InChI is InChI=1S/C16H19NO2/c1-19-15-10-6-5-9-13(15)14(11-17)16(18)12-7-3-2-4-8-12/h5-6,9-10,12,14H,2-4,7-8H2,1H3. The Morgan fingerprint density at radius 3 is 2.63 bits per heavy atom. The Morgan fingerprint density at radius 2 is 2.00 bits per heavy atom. The Labute approximate surface area is 114 Å². The molecule has 1 aromatic rings. The molecule has 0 aliphatic heterocycles. The summed E-state index contributed by atoms with van der Waals surface area (Å²) in [4.78, 5) is 12.5. The molecule has 19 heavy (non-hydrogen) atoms. The van der Waals surface area contributed by atoms with Crippen LogP contribution in [0.25, 0.3) is 0 Å². The van der Waals surface area contributed by atoms with E-state index >= 15 is 0 Å². The van der Waals surface area contributed by atoms with Gasteiger partial charge in [-0.2, -0.15) is 5.26 Å². The fraction of sp³-hybridized carbons (Fsp3) is 0.500. The lowest BCUT2D eigenvalue weighted by molar-refractivity contribution is -0.124. The lowest BCUT2D eigenvalue weighted by Gasteiger charge is -2.23. The van der Waals surface area contributed by atoms with Crippen molar-refractivity contribution in [2.45, 2.75) is 38.0 Å². The molecule has 3 heteroatoms. The first-order chi connectivity index (χ1) is 9.27. The number of benzene rings is 1. The topological polar surface area (TPSA) is 50.1 Å². The Morgan fingerprint density at radius 1 is 1.32 bits per heavy atom. The minimum atomic E-state index is -0.695. The second-order valence-corrected chi connectivity index (χ2v) is 5.04. The molecule has 1 atom stereocenters. The lowest BCUT2D eigenvalue weighted by atomic mass is 9.80. The third-order valence-electron chi connectivity index (χ3n) is 3.87. The monoisotopic (exact) mass is 257 g/mol. The summed E-state index contributed by atoms with van der Waals surface area (Å²) in [7, 11) is 1.57. The van der Waals surface area contributed by atoms with Crippen LogP contribution in [0.1, 0.15) is 43.6 Å². The van der Waals surface area contributed by atoms with Gasteiger partial charge in [-0.3, -0.25) is 4.79 Å². The molecule has 100 valence electrons. The van der Waals surface area contributed by atoms with Crippen LogP contribution >= 0.6 is 0 Å². The van der Waals surface area contributed by atoms with Crippen LogP contribution in [0.15, 0.2) is 24.3 Å². The lowest BCUT2D eigenvalue weighted by Crippen LogP contribution is -2.23. The van der Waals surface area contributed by atoms with Gasteiger partial charge in [-0.1, -0.05) is 37.5 Å². The van der Waals surface area contributed by atoms with E-state index in [1.165, 1.54) is 6.42 Å². The van der Waals surface area contributed by atoms with Crippen LogP contribution in [0.2, 0.25) is 0 Å². The van der Waals surface area contributed by atoms with Crippen molar-refractivity contribution in [2.75, 3.05) is 7.11 Å². The van der Waals surface area contributed by atoms with Gasteiger partial charge in [-0.05, 0) is 18.9 Å². The second kappa shape index (κ2) is 6.38. The first kappa shape index (κ1) is 13.6. The molecule has 0 heterocycles. The third kappa shape index (κ3) is 2.96. The van der Waals surface area contributed by atoms with E-state index in [-0.39, 0.29) is 11.7 Å². The van der Waals surface area contributed by atoms with E-state index in [0.29, 0.717) is 11.3 Å². The quantitative estimate of drug-likeness (QED) is 0.830. The molecule has 0 N–H and O–H groups in total. The fourth-order valence-corrected chi connectivity index (χ4v) is 2.81. The number of carbonyl (C=O) groups is 1. The van der Waals surface area contributed by atoms with Gasteiger partial charge in [0, 0.05) is 11.5 Å². The number of nitrogens with zero attached hydrogens (tertiary/aromatic N) is 1. The van der Waals surface area contributed by atoms with Crippen molar-refractivity contribution >= 4 is 5.78 Å². The number of hydrogen-bond acceptors (Lipinski definition) is 3. The smallest absolute Gasteiger partial charge is 0.157 e. The Bertz CT molecular complexity index is 484. The zero-order valence-corrected chi connectivity index (χ0v) is 11.3. The van der Waals surface area contributed by atoms with Crippen molar-refractivity contribution in [3.8, 4) is 11.8 Å². The van der Waals surface area contributed by atoms with Crippen molar-refractivity contribution < 1.29 is 9.53 Å². The highest BCUT2D eigenvalue weighted by molar-refractivity contribution is 5.91. The molecule has 0 aromatic heterocycles. The molecule has 0 spiro atoms. The van der Waals surface area contributed by atoms with Crippen LogP contribution in [-0.4, -0.2) is 12.9 Å². The van der Waals surface area contributed by atoms with Gasteiger partial charge in [0.15, 0.2) is 5.78 Å². The van der Waals surface area contributed by atoms with Gasteiger partial charge in [-0.25, -0.2) is 0 Å². The molecule has 2 rings (SSSR count). The maximum absolute atomic E-state index is 12.5. The van der Waals surface area contributed by atoms with Crippen LogP contribution in [0.5, 0.6) is 5.75 Å². The van der Waals surface area contributed by atoms with Crippen molar-refractivity contribution in [2.24, 2.45) is 5.92 Å². The number of hydrogen-bond donors (Lipinski definition) is 0. The Kier molecular flexibility index (Phi) is 4.57. The molecule has 1 aromatic carbocycles. The fourth-order valence-electron chi connectivity index (χ4n) is 2.81. The largest absolute Gasteiger partial charge is 0.496 e. The summed E-state index contributed by atoms with van der Waals surface area (Å²) < 4.78 is 5.26. The first-order valence-electron chi connectivity index (χ1n) is 6.84. The minimum absolute atomic E-state index is 0.0447. The van der Waals surface area contributed by atoms with Gasteiger partial charge in [0.2, 0.25) is 0 Å². The third-order valence-corrected chi connectivity index (χ3v) is 3.87. The molecular weight excluding hydrogens is 238 g/mol. The van der Waals surface area contributed by atoms with E-state index in [4.69, 9.17) is 4.74 Å². The van der Waals surface area contributed by atoms with Crippen LogP contribution < -0.4 is 4.74 Å². The number of Topliss-reactive ketones (excluding diaryl/α,β-unsaturated/α-hetero) is 1. The highest BCUT2D eigenvalue weighted by Gasteiger charge is 2.30. The molecule has 1 unspecified atom stereocenters. The minimum Gasteiger partial charge on any atom is -0.496 e. The molecule has 0 bridgehead atoms. The average molecular weight is 257 g/mol. The Hall–Kier alpha value is -1.82. The van der Waals surface area contributed by atoms with E-state index in [2.05, 4.69) is 6.07 Å². The maximum atomic E-state index is 12.5. The number of para-hydroxylation sites is 1. The number of carbonyl (C=O) groups excluding carboxylic acids is 1. The van der Waals surface area contributed by atoms with Gasteiger partial charge in [0.1, 0.15) is 11.7 Å². The van der Waals surface area contributed by atoms with E-state index in [0.717, 1.165) is 25.7 Å². The second-order valence-electron chi connectivity index (χ2n) is 5.04. The molecule has 0 radical (unpaired) electrons. The molecule has 1 aliphatic carbocycles. The molecular formula is C16H19NO2. The molecule has 0 amide bonds. The summed E-state index contributed by atoms with van der Waals surface area (Å²) in [6.07, 6.45) is 5.24. The number of nitriles is 1. The van der Waals surface area contributed by atoms with Gasteiger partial charge >= 0.3 is 0 Å².